The Kier molecular flexibility index (Phi) is 5.96. The molecule has 238 valence electrons. The van der Waals surface area contributed by atoms with Gasteiger partial charge in [-0.15, -0.1) is 0 Å². The van der Waals surface area contributed by atoms with E-state index in [1.54, 1.807) is 0 Å². The summed E-state index contributed by atoms with van der Waals surface area (Å²) in [5, 5.41) is 6.92. The van der Waals surface area contributed by atoms with Crippen LogP contribution in [0.3, 0.4) is 0 Å². The van der Waals surface area contributed by atoms with E-state index >= 15 is 0 Å². The summed E-state index contributed by atoms with van der Waals surface area (Å²) in [6.07, 6.45) is 0. The largest absolute Gasteiger partial charge is 0.456 e. The fourth-order valence-electron chi connectivity index (χ4n) is 7.98. The van der Waals surface area contributed by atoms with Crippen molar-refractivity contribution in [3.8, 4) is 39.1 Å². The van der Waals surface area contributed by atoms with Crippen molar-refractivity contribution < 1.29 is 8.83 Å². The van der Waals surface area contributed by atoms with Crippen LogP contribution < -0.4 is 0 Å². The van der Waals surface area contributed by atoms with Crippen LogP contribution in [-0.2, 0) is 0 Å². The van der Waals surface area contributed by atoms with E-state index in [9.17, 15) is 0 Å². The van der Waals surface area contributed by atoms with Gasteiger partial charge in [0.2, 0.25) is 0 Å². The lowest BCUT2D eigenvalue weighted by Crippen LogP contribution is -1.94. The lowest BCUT2D eigenvalue weighted by atomic mass is 9.98. The topological polar surface area (TPSA) is 31.2 Å². The molecule has 11 rings (SSSR count). The second kappa shape index (κ2) is 10.8. The van der Waals surface area contributed by atoms with Gasteiger partial charge >= 0.3 is 0 Å². The average Bonchev–Trinajstić information content (AvgIpc) is 3.87. The van der Waals surface area contributed by atoms with E-state index in [2.05, 4.69) is 168 Å². The van der Waals surface area contributed by atoms with E-state index in [1.165, 1.54) is 38.5 Å². The molecular formula is C48H29NO2. The van der Waals surface area contributed by atoms with Gasteiger partial charge in [-0.3, -0.25) is 0 Å². The number of para-hydroxylation sites is 3. The molecule has 0 N–H and O–H groups in total. The van der Waals surface area contributed by atoms with Gasteiger partial charge in [0.25, 0.3) is 0 Å². The van der Waals surface area contributed by atoms with E-state index < -0.39 is 0 Å². The van der Waals surface area contributed by atoms with Gasteiger partial charge in [0.15, 0.2) is 0 Å². The second-order valence-electron chi connectivity index (χ2n) is 13.3. The van der Waals surface area contributed by atoms with Gasteiger partial charge in [-0.1, -0.05) is 115 Å². The molecule has 8 aromatic carbocycles. The third-order valence-corrected chi connectivity index (χ3v) is 10.4. The molecule has 0 radical (unpaired) electrons. The third-order valence-electron chi connectivity index (χ3n) is 10.4. The Morgan fingerprint density at radius 2 is 0.902 bits per heavy atom. The molecule has 0 aliphatic carbocycles. The minimum atomic E-state index is 0.881. The number of fused-ring (bicyclic) bond motifs is 9. The van der Waals surface area contributed by atoms with E-state index in [4.69, 9.17) is 8.83 Å². The Labute approximate surface area is 293 Å². The van der Waals surface area contributed by atoms with Crippen LogP contribution in [0.1, 0.15) is 0 Å². The van der Waals surface area contributed by atoms with Crippen molar-refractivity contribution in [2.45, 2.75) is 0 Å². The third kappa shape index (κ3) is 4.32. The molecule has 51 heavy (non-hydrogen) atoms. The Hall–Kier alpha value is -6.84. The predicted molar refractivity (Wildman–Crippen MR) is 212 cm³/mol. The van der Waals surface area contributed by atoms with Crippen molar-refractivity contribution in [1.82, 2.24) is 4.57 Å². The van der Waals surface area contributed by atoms with Crippen LogP contribution in [0.15, 0.2) is 185 Å². The van der Waals surface area contributed by atoms with Crippen molar-refractivity contribution in [2.24, 2.45) is 0 Å². The highest BCUT2D eigenvalue weighted by Gasteiger charge is 2.17. The van der Waals surface area contributed by atoms with Crippen LogP contribution >= 0.6 is 0 Å². The summed E-state index contributed by atoms with van der Waals surface area (Å²) in [5.41, 5.74) is 14.0. The van der Waals surface area contributed by atoms with Crippen LogP contribution in [0, 0.1) is 0 Å². The number of hydrogen-bond acceptors (Lipinski definition) is 2. The Bertz CT molecular complexity index is 3140. The molecule has 0 bridgehead atoms. The van der Waals surface area contributed by atoms with Crippen LogP contribution in [0.5, 0.6) is 0 Å². The Balaban J connectivity index is 1.04. The highest BCUT2D eigenvalue weighted by molar-refractivity contribution is 6.13. The van der Waals surface area contributed by atoms with Crippen LogP contribution in [0.25, 0.3) is 105 Å². The number of rotatable bonds is 4. The lowest BCUT2D eigenvalue weighted by molar-refractivity contribution is 0.668. The quantitative estimate of drug-likeness (QED) is 0.190. The Morgan fingerprint density at radius 1 is 0.314 bits per heavy atom. The summed E-state index contributed by atoms with van der Waals surface area (Å²) in [4.78, 5) is 0. The summed E-state index contributed by atoms with van der Waals surface area (Å²) in [5.74, 6) is 0. The molecular weight excluding hydrogens is 623 g/mol. The van der Waals surface area contributed by atoms with Crippen LogP contribution in [0.2, 0.25) is 0 Å². The first-order valence-corrected chi connectivity index (χ1v) is 17.3. The standard InChI is InChI=1S/C48H29NO2/c1-2-10-30(11-3-1)31-12-8-13-35(26-31)49-43-18-6-4-14-37(43)40-27-32(20-23-44(40)49)33-21-24-47-42(28-33)39-17-9-16-36(48(39)51-47)34-22-25-46-41(29-34)38-15-5-7-19-45(38)50-46/h1-29H. The predicted octanol–water partition coefficient (Wildman–Crippen LogP) is 13.6. The molecule has 0 amide bonds. The molecule has 11 aromatic rings. The molecule has 0 atom stereocenters. The van der Waals surface area contributed by atoms with Gasteiger partial charge in [0.05, 0.1) is 11.0 Å². The number of benzene rings is 8. The highest BCUT2D eigenvalue weighted by atomic mass is 16.3. The van der Waals surface area contributed by atoms with E-state index in [1.807, 2.05) is 12.1 Å². The van der Waals surface area contributed by atoms with Gasteiger partial charge in [-0.25, -0.2) is 0 Å². The average molecular weight is 652 g/mol. The maximum Gasteiger partial charge on any atom is 0.143 e. The SMILES string of the molecule is c1ccc(-c2cccc(-n3c4ccccc4c4cc(-c5ccc6oc7c(-c8ccc9oc%10ccccc%10c9c8)cccc7c6c5)ccc43)c2)cc1. The molecule has 0 saturated heterocycles. The molecule has 3 heterocycles. The van der Waals surface area contributed by atoms with E-state index in [0.29, 0.717) is 0 Å². The van der Waals surface area contributed by atoms with Gasteiger partial charge < -0.3 is 13.4 Å². The monoisotopic (exact) mass is 651 g/mol. The van der Waals surface area contributed by atoms with Crippen molar-refractivity contribution in [2.75, 3.05) is 0 Å². The van der Waals surface area contributed by atoms with Gasteiger partial charge in [-0.2, -0.15) is 0 Å². The molecule has 0 saturated carbocycles. The van der Waals surface area contributed by atoms with Crippen LogP contribution in [-0.4, -0.2) is 4.57 Å². The molecule has 0 aliphatic rings. The smallest absolute Gasteiger partial charge is 0.143 e. The molecule has 3 aromatic heterocycles. The van der Waals surface area contributed by atoms with Crippen molar-refractivity contribution in [1.29, 1.82) is 0 Å². The highest BCUT2D eigenvalue weighted by Crippen LogP contribution is 2.41. The first kappa shape index (κ1) is 28.0. The van der Waals surface area contributed by atoms with E-state index in [0.717, 1.165) is 66.3 Å². The zero-order valence-electron chi connectivity index (χ0n) is 27.5. The zero-order chi connectivity index (χ0) is 33.5. The van der Waals surface area contributed by atoms with Gasteiger partial charge in [-0.05, 0) is 88.5 Å². The molecule has 0 aliphatic heterocycles. The first-order valence-electron chi connectivity index (χ1n) is 17.3. The second-order valence-corrected chi connectivity index (χ2v) is 13.3. The normalized spacial score (nSPS) is 11.9. The van der Waals surface area contributed by atoms with Crippen molar-refractivity contribution in [3.05, 3.63) is 176 Å². The first-order chi connectivity index (χ1) is 25.3. The number of nitrogens with zero attached hydrogens (tertiary/aromatic N) is 1. The maximum atomic E-state index is 6.60. The van der Waals surface area contributed by atoms with Crippen molar-refractivity contribution in [3.63, 3.8) is 0 Å². The zero-order valence-corrected chi connectivity index (χ0v) is 27.5. The number of aromatic nitrogens is 1. The molecule has 3 nitrogen and oxygen atoms in total. The summed E-state index contributed by atoms with van der Waals surface area (Å²) in [7, 11) is 0. The minimum Gasteiger partial charge on any atom is -0.456 e. The molecule has 3 heteroatoms. The molecule has 0 fully saturated rings. The minimum absolute atomic E-state index is 0.881. The summed E-state index contributed by atoms with van der Waals surface area (Å²) >= 11 is 0. The summed E-state index contributed by atoms with van der Waals surface area (Å²) < 4.78 is 15.1. The van der Waals surface area contributed by atoms with Gasteiger partial charge in [0, 0.05) is 43.6 Å². The fraction of sp³-hybridized carbons (Fsp3) is 0. The number of furan rings is 2. The Morgan fingerprint density at radius 3 is 1.80 bits per heavy atom. The van der Waals surface area contributed by atoms with Crippen molar-refractivity contribution >= 4 is 65.7 Å². The van der Waals surface area contributed by atoms with Crippen LogP contribution in [0.4, 0.5) is 0 Å². The maximum absolute atomic E-state index is 6.60. The number of hydrogen-bond donors (Lipinski definition) is 0. The molecule has 0 unspecified atom stereocenters. The fourth-order valence-corrected chi connectivity index (χ4v) is 7.98. The molecule has 0 spiro atoms. The lowest BCUT2D eigenvalue weighted by Gasteiger charge is -2.11. The summed E-state index contributed by atoms with van der Waals surface area (Å²) in [6.45, 7) is 0. The summed E-state index contributed by atoms with van der Waals surface area (Å²) in [6, 6.07) is 62.6. The van der Waals surface area contributed by atoms with Gasteiger partial charge in [0.1, 0.15) is 22.3 Å². The van der Waals surface area contributed by atoms with E-state index in [-0.39, 0.29) is 0 Å².